The Morgan fingerprint density at radius 2 is 2.06 bits per heavy atom. The van der Waals surface area contributed by atoms with Gasteiger partial charge in [0, 0.05) is 20.2 Å². The van der Waals surface area contributed by atoms with Crippen LogP contribution in [0.1, 0.15) is 20.8 Å². The van der Waals surface area contributed by atoms with Crippen LogP contribution in [0.5, 0.6) is 0 Å². The standard InChI is InChI=1S/C11H24N4O2/c1-5-13-9(16)11(2,3)8-15-10(12)14-6-7-17-4/h5-8H2,1-4H3,(H,13,16)(H3,12,14,15). The van der Waals surface area contributed by atoms with Crippen molar-refractivity contribution in [3.63, 3.8) is 0 Å². The number of carbonyl (C=O) groups is 1. The number of aliphatic imine (C=N–C) groups is 1. The zero-order valence-electron chi connectivity index (χ0n) is 11.2. The Kier molecular flexibility index (Phi) is 7.29. The lowest BCUT2D eigenvalue weighted by molar-refractivity contribution is -0.128. The number of methoxy groups -OCH3 is 1. The fraction of sp³-hybridized carbons (Fsp3) is 0.818. The maximum absolute atomic E-state index is 11.7. The first-order chi connectivity index (χ1) is 7.94. The average Bonchev–Trinajstić information content (AvgIpc) is 2.27. The Balaban J connectivity index is 4.13. The molecule has 0 aliphatic heterocycles. The highest BCUT2D eigenvalue weighted by atomic mass is 16.5. The zero-order valence-corrected chi connectivity index (χ0v) is 11.2. The molecule has 0 bridgehead atoms. The molecule has 0 spiro atoms. The van der Waals surface area contributed by atoms with E-state index in [9.17, 15) is 4.79 Å². The number of nitrogens with two attached hydrogens (primary N) is 1. The predicted molar refractivity (Wildman–Crippen MR) is 68.8 cm³/mol. The minimum absolute atomic E-state index is 0.0200. The van der Waals surface area contributed by atoms with E-state index in [1.807, 2.05) is 20.8 Å². The number of carbonyl (C=O) groups excluding carboxylic acids is 1. The molecule has 4 N–H and O–H groups in total. The van der Waals surface area contributed by atoms with Crippen LogP contribution in [0.4, 0.5) is 0 Å². The molecule has 0 radical (unpaired) electrons. The van der Waals surface area contributed by atoms with Crippen LogP contribution in [-0.4, -0.2) is 45.2 Å². The third kappa shape index (κ3) is 6.78. The van der Waals surface area contributed by atoms with E-state index >= 15 is 0 Å². The number of nitrogens with one attached hydrogen (secondary N) is 2. The molecule has 0 rings (SSSR count). The Bertz CT molecular complexity index is 264. The van der Waals surface area contributed by atoms with Crippen molar-refractivity contribution in [2.24, 2.45) is 16.1 Å². The third-order valence-corrected chi connectivity index (χ3v) is 2.21. The van der Waals surface area contributed by atoms with E-state index in [2.05, 4.69) is 15.6 Å². The van der Waals surface area contributed by atoms with Crippen molar-refractivity contribution in [3.05, 3.63) is 0 Å². The summed E-state index contributed by atoms with van der Waals surface area (Å²) in [4.78, 5) is 15.8. The summed E-state index contributed by atoms with van der Waals surface area (Å²) in [6.45, 7) is 7.70. The molecule has 0 atom stereocenters. The maximum atomic E-state index is 11.7. The highest BCUT2D eigenvalue weighted by Crippen LogP contribution is 2.15. The molecule has 0 aromatic rings. The van der Waals surface area contributed by atoms with E-state index in [-0.39, 0.29) is 5.91 Å². The van der Waals surface area contributed by atoms with Crippen LogP contribution >= 0.6 is 0 Å². The van der Waals surface area contributed by atoms with Gasteiger partial charge in [0.05, 0.1) is 18.6 Å². The van der Waals surface area contributed by atoms with Gasteiger partial charge in [0.15, 0.2) is 5.96 Å². The van der Waals surface area contributed by atoms with E-state index in [1.54, 1.807) is 7.11 Å². The molecule has 0 saturated carbocycles. The monoisotopic (exact) mass is 244 g/mol. The predicted octanol–water partition coefficient (Wildman–Crippen LogP) is -0.301. The lowest BCUT2D eigenvalue weighted by atomic mass is 9.92. The molecule has 6 nitrogen and oxygen atoms in total. The summed E-state index contributed by atoms with van der Waals surface area (Å²) in [6, 6.07) is 0. The number of hydrogen-bond donors (Lipinski definition) is 3. The fourth-order valence-corrected chi connectivity index (χ4v) is 1.09. The van der Waals surface area contributed by atoms with Crippen molar-refractivity contribution in [2.45, 2.75) is 20.8 Å². The Morgan fingerprint density at radius 1 is 1.41 bits per heavy atom. The Hall–Kier alpha value is -1.30. The van der Waals surface area contributed by atoms with Crippen LogP contribution in [0.15, 0.2) is 4.99 Å². The van der Waals surface area contributed by atoms with E-state index in [1.165, 1.54) is 0 Å². The number of nitrogens with zero attached hydrogens (tertiary/aromatic N) is 1. The van der Waals surface area contributed by atoms with Crippen LogP contribution in [0, 0.1) is 5.41 Å². The molecule has 0 aromatic heterocycles. The summed E-state index contributed by atoms with van der Waals surface area (Å²) in [5.41, 5.74) is 5.10. The minimum Gasteiger partial charge on any atom is -0.383 e. The summed E-state index contributed by atoms with van der Waals surface area (Å²) in [5, 5.41) is 5.67. The Morgan fingerprint density at radius 3 is 2.59 bits per heavy atom. The first-order valence-corrected chi connectivity index (χ1v) is 5.75. The molecular formula is C11H24N4O2. The SMILES string of the molecule is CCNC(=O)C(C)(C)CN=C(N)NCCOC. The van der Waals surface area contributed by atoms with Gasteiger partial charge in [-0.15, -0.1) is 0 Å². The van der Waals surface area contributed by atoms with E-state index in [4.69, 9.17) is 10.5 Å². The summed E-state index contributed by atoms with van der Waals surface area (Å²) in [6.07, 6.45) is 0. The van der Waals surface area contributed by atoms with Gasteiger partial charge in [-0.25, -0.2) is 0 Å². The lowest BCUT2D eigenvalue weighted by Crippen LogP contribution is -2.40. The smallest absolute Gasteiger partial charge is 0.227 e. The summed E-state index contributed by atoms with van der Waals surface area (Å²) in [7, 11) is 1.62. The zero-order chi connectivity index (χ0) is 13.3. The molecule has 100 valence electrons. The lowest BCUT2D eigenvalue weighted by Gasteiger charge is -2.21. The molecule has 17 heavy (non-hydrogen) atoms. The van der Waals surface area contributed by atoms with Crippen molar-refractivity contribution in [1.29, 1.82) is 0 Å². The highest BCUT2D eigenvalue weighted by Gasteiger charge is 2.26. The minimum atomic E-state index is -0.552. The first kappa shape index (κ1) is 15.7. The summed E-state index contributed by atoms with van der Waals surface area (Å²) >= 11 is 0. The van der Waals surface area contributed by atoms with E-state index < -0.39 is 5.41 Å². The molecule has 0 aliphatic rings. The second-order valence-corrected chi connectivity index (χ2v) is 4.36. The van der Waals surface area contributed by atoms with Gasteiger partial charge in [0.1, 0.15) is 0 Å². The maximum Gasteiger partial charge on any atom is 0.227 e. The normalized spacial score (nSPS) is 12.4. The van der Waals surface area contributed by atoms with Crippen LogP contribution in [0.3, 0.4) is 0 Å². The molecule has 6 heteroatoms. The second kappa shape index (κ2) is 7.89. The fourth-order valence-electron chi connectivity index (χ4n) is 1.09. The van der Waals surface area contributed by atoms with Gasteiger partial charge >= 0.3 is 0 Å². The number of ether oxygens (including phenoxy) is 1. The topological polar surface area (TPSA) is 88.7 Å². The molecule has 0 fully saturated rings. The molecule has 0 unspecified atom stereocenters. The highest BCUT2D eigenvalue weighted by molar-refractivity contribution is 5.83. The van der Waals surface area contributed by atoms with Gasteiger partial charge in [0.2, 0.25) is 5.91 Å². The van der Waals surface area contributed by atoms with Crippen LogP contribution < -0.4 is 16.4 Å². The van der Waals surface area contributed by atoms with Crippen molar-refractivity contribution in [3.8, 4) is 0 Å². The number of guanidine groups is 1. The second-order valence-electron chi connectivity index (χ2n) is 4.36. The molecular weight excluding hydrogens is 220 g/mol. The van der Waals surface area contributed by atoms with Gasteiger partial charge < -0.3 is 21.1 Å². The number of hydrogen-bond acceptors (Lipinski definition) is 3. The summed E-state index contributed by atoms with van der Waals surface area (Å²) < 4.78 is 4.87. The Labute approximate surface area is 103 Å². The molecule has 0 aromatic carbocycles. The van der Waals surface area contributed by atoms with Gasteiger partial charge in [-0.2, -0.15) is 0 Å². The van der Waals surface area contributed by atoms with E-state index in [0.29, 0.717) is 32.2 Å². The van der Waals surface area contributed by atoms with E-state index in [0.717, 1.165) is 0 Å². The quantitative estimate of drug-likeness (QED) is 0.326. The van der Waals surface area contributed by atoms with Gasteiger partial charge in [-0.05, 0) is 20.8 Å². The van der Waals surface area contributed by atoms with Crippen molar-refractivity contribution in [1.82, 2.24) is 10.6 Å². The van der Waals surface area contributed by atoms with Gasteiger partial charge in [-0.3, -0.25) is 9.79 Å². The van der Waals surface area contributed by atoms with Gasteiger partial charge in [-0.1, -0.05) is 0 Å². The number of amides is 1. The van der Waals surface area contributed by atoms with Crippen molar-refractivity contribution >= 4 is 11.9 Å². The molecule has 0 heterocycles. The first-order valence-electron chi connectivity index (χ1n) is 5.75. The number of rotatable bonds is 7. The van der Waals surface area contributed by atoms with Crippen LogP contribution in [0.25, 0.3) is 0 Å². The molecule has 0 saturated heterocycles. The largest absolute Gasteiger partial charge is 0.383 e. The molecule has 1 amide bonds. The van der Waals surface area contributed by atoms with Crippen LogP contribution in [-0.2, 0) is 9.53 Å². The van der Waals surface area contributed by atoms with Crippen molar-refractivity contribution < 1.29 is 9.53 Å². The molecule has 0 aliphatic carbocycles. The van der Waals surface area contributed by atoms with Crippen LogP contribution in [0.2, 0.25) is 0 Å². The third-order valence-electron chi connectivity index (χ3n) is 2.21. The van der Waals surface area contributed by atoms with Gasteiger partial charge in [0.25, 0.3) is 0 Å². The summed E-state index contributed by atoms with van der Waals surface area (Å²) in [5.74, 6) is 0.313. The van der Waals surface area contributed by atoms with Crippen molar-refractivity contribution in [2.75, 3.05) is 33.4 Å². The average molecular weight is 244 g/mol.